The number of rotatable bonds is 4. The van der Waals surface area contributed by atoms with E-state index in [4.69, 9.17) is 4.42 Å². The first-order valence-corrected chi connectivity index (χ1v) is 7.75. The highest BCUT2D eigenvalue weighted by Crippen LogP contribution is 2.28. The normalized spacial score (nSPS) is 25.3. The Hall–Kier alpha value is -1.72. The van der Waals surface area contributed by atoms with E-state index in [2.05, 4.69) is 20.4 Å². The van der Waals surface area contributed by atoms with Crippen LogP contribution >= 0.6 is 0 Å². The minimum absolute atomic E-state index is 0.569. The summed E-state index contributed by atoms with van der Waals surface area (Å²) < 4.78 is 5.74. The predicted molar refractivity (Wildman–Crippen MR) is 79.6 cm³/mol. The predicted octanol–water partition coefficient (Wildman–Crippen LogP) is 2.06. The monoisotopic (exact) mass is 284 g/mol. The Kier molecular flexibility index (Phi) is 3.45. The van der Waals surface area contributed by atoms with Crippen molar-refractivity contribution in [3.8, 4) is 11.5 Å². The Morgan fingerprint density at radius 3 is 2.95 bits per heavy atom. The second-order valence-electron chi connectivity index (χ2n) is 5.89. The first kappa shape index (κ1) is 13.0. The lowest BCUT2D eigenvalue weighted by atomic mass is 10.1. The zero-order valence-corrected chi connectivity index (χ0v) is 12.0. The molecule has 21 heavy (non-hydrogen) atoms. The molecule has 0 bridgehead atoms. The van der Waals surface area contributed by atoms with Crippen LogP contribution in [-0.4, -0.2) is 40.3 Å². The number of nitrogens with zero attached hydrogens (tertiary/aromatic N) is 3. The van der Waals surface area contributed by atoms with Gasteiger partial charge in [-0.25, -0.2) is 0 Å². The molecule has 0 aliphatic carbocycles. The molecule has 3 heterocycles. The van der Waals surface area contributed by atoms with Crippen molar-refractivity contribution < 1.29 is 4.42 Å². The molecule has 0 amide bonds. The fraction of sp³-hybridized carbons (Fsp3) is 0.500. The van der Waals surface area contributed by atoms with Crippen molar-refractivity contribution in [1.29, 1.82) is 0 Å². The molecule has 4 rings (SSSR count). The topological polar surface area (TPSA) is 54.2 Å². The molecular formula is C16H20N4O. The number of hydrogen-bond donors (Lipinski definition) is 1. The van der Waals surface area contributed by atoms with Crippen molar-refractivity contribution in [2.45, 2.75) is 37.9 Å². The van der Waals surface area contributed by atoms with Gasteiger partial charge in [0.25, 0.3) is 0 Å². The highest BCUT2D eigenvalue weighted by molar-refractivity contribution is 5.51. The van der Waals surface area contributed by atoms with Gasteiger partial charge in [-0.05, 0) is 37.9 Å². The van der Waals surface area contributed by atoms with E-state index in [1.54, 1.807) is 0 Å². The highest BCUT2D eigenvalue weighted by Gasteiger charge is 2.36. The van der Waals surface area contributed by atoms with E-state index in [0.29, 0.717) is 30.4 Å². The zero-order valence-electron chi connectivity index (χ0n) is 12.0. The lowest BCUT2D eigenvalue weighted by Crippen LogP contribution is -2.38. The molecule has 5 heteroatoms. The number of fused-ring (bicyclic) bond motifs is 1. The van der Waals surface area contributed by atoms with Crippen molar-refractivity contribution in [2.24, 2.45) is 0 Å². The fourth-order valence-electron chi connectivity index (χ4n) is 3.56. The SMILES string of the molecule is c1ccc(-c2nnc(CNC3CCN4CCCC34)o2)cc1. The highest BCUT2D eigenvalue weighted by atomic mass is 16.4. The minimum atomic E-state index is 0.569. The van der Waals surface area contributed by atoms with E-state index in [1.165, 1.54) is 32.4 Å². The Labute approximate surface area is 124 Å². The zero-order chi connectivity index (χ0) is 14.1. The Balaban J connectivity index is 1.39. The van der Waals surface area contributed by atoms with Crippen LogP contribution in [0.15, 0.2) is 34.7 Å². The largest absolute Gasteiger partial charge is 0.419 e. The van der Waals surface area contributed by atoms with Crippen molar-refractivity contribution >= 4 is 0 Å². The van der Waals surface area contributed by atoms with Gasteiger partial charge >= 0.3 is 0 Å². The molecule has 0 spiro atoms. The van der Waals surface area contributed by atoms with Crippen LogP contribution in [0.25, 0.3) is 11.5 Å². The van der Waals surface area contributed by atoms with E-state index in [9.17, 15) is 0 Å². The average Bonchev–Trinajstić information content (AvgIpc) is 3.23. The third-order valence-corrected chi connectivity index (χ3v) is 4.61. The van der Waals surface area contributed by atoms with Gasteiger partial charge in [0.1, 0.15) is 0 Å². The van der Waals surface area contributed by atoms with Crippen molar-refractivity contribution in [3.63, 3.8) is 0 Å². The third-order valence-electron chi connectivity index (χ3n) is 4.61. The summed E-state index contributed by atoms with van der Waals surface area (Å²) in [5, 5.41) is 11.9. The lowest BCUT2D eigenvalue weighted by molar-refractivity contribution is 0.295. The summed E-state index contributed by atoms with van der Waals surface area (Å²) in [5.74, 6) is 1.27. The molecular weight excluding hydrogens is 264 g/mol. The van der Waals surface area contributed by atoms with E-state index < -0.39 is 0 Å². The van der Waals surface area contributed by atoms with Gasteiger partial charge in [0, 0.05) is 24.2 Å². The standard InChI is InChI=1S/C16H20N4O/c1-2-5-12(6-3-1)16-19-18-15(21-16)11-17-13-8-10-20-9-4-7-14(13)20/h1-3,5-6,13-14,17H,4,7-11H2. The second kappa shape index (κ2) is 5.58. The van der Waals surface area contributed by atoms with Gasteiger partial charge in [-0.3, -0.25) is 4.90 Å². The number of hydrogen-bond acceptors (Lipinski definition) is 5. The summed E-state index contributed by atoms with van der Waals surface area (Å²) in [7, 11) is 0. The molecule has 1 aromatic carbocycles. The molecule has 2 unspecified atom stereocenters. The van der Waals surface area contributed by atoms with Gasteiger partial charge in [0.15, 0.2) is 0 Å². The molecule has 1 N–H and O–H groups in total. The molecule has 110 valence electrons. The van der Waals surface area contributed by atoms with Crippen LogP contribution in [0.4, 0.5) is 0 Å². The molecule has 2 saturated heterocycles. The molecule has 5 nitrogen and oxygen atoms in total. The Morgan fingerprint density at radius 2 is 2.05 bits per heavy atom. The summed E-state index contributed by atoms with van der Waals surface area (Å²) in [6.07, 6.45) is 3.88. The average molecular weight is 284 g/mol. The first-order valence-electron chi connectivity index (χ1n) is 7.75. The van der Waals surface area contributed by atoms with E-state index in [1.807, 2.05) is 30.3 Å². The van der Waals surface area contributed by atoms with Crippen molar-refractivity contribution in [2.75, 3.05) is 13.1 Å². The van der Waals surface area contributed by atoms with E-state index in [0.717, 1.165) is 5.56 Å². The quantitative estimate of drug-likeness (QED) is 0.931. The number of nitrogens with one attached hydrogen (secondary N) is 1. The summed E-state index contributed by atoms with van der Waals surface area (Å²) in [6.45, 7) is 3.15. The van der Waals surface area contributed by atoms with Gasteiger partial charge < -0.3 is 9.73 Å². The van der Waals surface area contributed by atoms with Crippen LogP contribution < -0.4 is 5.32 Å². The molecule has 0 radical (unpaired) electrons. The molecule has 2 fully saturated rings. The van der Waals surface area contributed by atoms with Gasteiger partial charge in [0.05, 0.1) is 6.54 Å². The Morgan fingerprint density at radius 1 is 1.14 bits per heavy atom. The summed E-state index contributed by atoms with van der Waals surface area (Å²) >= 11 is 0. The molecule has 2 aliphatic heterocycles. The van der Waals surface area contributed by atoms with Crippen LogP contribution in [0.5, 0.6) is 0 Å². The Bertz CT molecular complexity index is 597. The van der Waals surface area contributed by atoms with Crippen molar-refractivity contribution in [1.82, 2.24) is 20.4 Å². The van der Waals surface area contributed by atoms with Crippen LogP contribution in [0.3, 0.4) is 0 Å². The maximum Gasteiger partial charge on any atom is 0.247 e. The molecule has 1 aromatic heterocycles. The van der Waals surface area contributed by atoms with Crippen LogP contribution in [0.2, 0.25) is 0 Å². The molecule has 2 aliphatic rings. The van der Waals surface area contributed by atoms with Crippen LogP contribution in [-0.2, 0) is 6.54 Å². The van der Waals surface area contributed by atoms with E-state index in [-0.39, 0.29) is 0 Å². The summed E-state index contributed by atoms with van der Waals surface area (Å²) in [5.41, 5.74) is 0.971. The fourth-order valence-corrected chi connectivity index (χ4v) is 3.56. The molecule has 2 atom stereocenters. The van der Waals surface area contributed by atoms with Gasteiger partial charge in [-0.15, -0.1) is 10.2 Å². The third kappa shape index (κ3) is 2.59. The summed E-state index contributed by atoms with van der Waals surface area (Å²) in [4.78, 5) is 2.60. The first-order chi connectivity index (χ1) is 10.4. The van der Waals surface area contributed by atoms with Crippen LogP contribution in [0.1, 0.15) is 25.2 Å². The molecule has 2 aromatic rings. The maximum atomic E-state index is 5.74. The van der Waals surface area contributed by atoms with Crippen molar-refractivity contribution in [3.05, 3.63) is 36.2 Å². The lowest BCUT2D eigenvalue weighted by Gasteiger charge is -2.20. The molecule has 0 saturated carbocycles. The smallest absolute Gasteiger partial charge is 0.247 e. The maximum absolute atomic E-state index is 5.74. The summed E-state index contributed by atoms with van der Waals surface area (Å²) in [6, 6.07) is 11.2. The minimum Gasteiger partial charge on any atom is -0.419 e. The van der Waals surface area contributed by atoms with Gasteiger partial charge in [-0.2, -0.15) is 0 Å². The number of aromatic nitrogens is 2. The number of benzene rings is 1. The van der Waals surface area contributed by atoms with Gasteiger partial charge in [0.2, 0.25) is 11.8 Å². The van der Waals surface area contributed by atoms with E-state index >= 15 is 0 Å². The van der Waals surface area contributed by atoms with Crippen LogP contribution in [0, 0.1) is 0 Å². The second-order valence-corrected chi connectivity index (χ2v) is 5.89. The van der Waals surface area contributed by atoms with Gasteiger partial charge in [-0.1, -0.05) is 18.2 Å².